The van der Waals surface area contributed by atoms with Crippen molar-refractivity contribution in [3.63, 3.8) is 0 Å². The Kier molecular flexibility index (Phi) is 3.75. The fraction of sp³-hybridized carbons (Fsp3) is 0.545. The summed E-state index contributed by atoms with van der Waals surface area (Å²) in [6.07, 6.45) is 4.41. The zero-order chi connectivity index (χ0) is 10.5. The van der Waals surface area contributed by atoms with Crippen LogP contribution in [0.15, 0.2) is 22.7 Å². The van der Waals surface area contributed by atoms with Crippen molar-refractivity contribution in [2.45, 2.75) is 25.8 Å². The maximum atomic E-state index is 5.68. The molecule has 3 nitrogen and oxygen atoms in total. The van der Waals surface area contributed by atoms with E-state index in [0.29, 0.717) is 0 Å². The third kappa shape index (κ3) is 2.58. The van der Waals surface area contributed by atoms with Gasteiger partial charge in [-0.25, -0.2) is 4.98 Å². The Bertz CT molecular complexity index is 321. The molecule has 4 heteroatoms. The van der Waals surface area contributed by atoms with Crippen molar-refractivity contribution in [3.05, 3.63) is 28.4 Å². The minimum atomic E-state index is 0.140. The van der Waals surface area contributed by atoms with E-state index in [-0.39, 0.29) is 6.04 Å². The zero-order valence-electron chi connectivity index (χ0n) is 8.90. The summed E-state index contributed by atoms with van der Waals surface area (Å²) in [5.74, 6) is 1.04. The highest BCUT2D eigenvalue weighted by Crippen LogP contribution is 2.25. The standard InChI is InChI=1S/C11H16N2OS/c1-2-12-11(9-7-15-8-13-9)10-5-3-4-6-14-10/h5,7-8,11-12H,2-4,6H2,1H3. The zero-order valence-corrected chi connectivity index (χ0v) is 9.72. The second-order valence-corrected chi connectivity index (χ2v) is 4.22. The van der Waals surface area contributed by atoms with Gasteiger partial charge in [0.2, 0.25) is 0 Å². The van der Waals surface area contributed by atoms with Crippen molar-refractivity contribution >= 4 is 11.3 Å². The van der Waals surface area contributed by atoms with Gasteiger partial charge in [0.15, 0.2) is 0 Å². The molecule has 2 heterocycles. The second-order valence-electron chi connectivity index (χ2n) is 3.50. The summed E-state index contributed by atoms with van der Waals surface area (Å²) in [4.78, 5) is 4.35. The molecule has 82 valence electrons. The highest BCUT2D eigenvalue weighted by molar-refractivity contribution is 7.07. The van der Waals surface area contributed by atoms with Crippen LogP contribution >= 0.6 is 11.3 Å². The molecule has 0 aliphatic carbocycles. The number of nitrogens with one attached hydrogen (secondary N) is 1. The van der Waals surface area contributed by atoms with Crippen LogP contribution in [0, 0.1) is 0 Å². The third-order valence-corrected chi connectivity index (χ3v) is 3.01. The summed E-state index contributed by atoms with van der Waals surface area (Å²) in [7, 11) is 0. The molecule has 1 aliphatic rings. The van der Waals surface area contributed by atoms with Crippen molar-refractivity contribution in [2.24, 2.45) is 0 Å². The molecule has 0 saturated carbocycles. The smallest absolute Gasteiger partial charge is 0.115 e. The fourth-order valence-electron chi connectivity index (χ4n) is 1.70. The normalized spacial score (nSPS) is 18.1. The Morgan fingerprint density at radius 1 is 1.67 bits per heavy atom. The first-order valence-electron chi connectivity index (χ1n) is 5.36. The van der Waals surface area contributed by atoms with E-state index in [1.54, 1.807) is 11.3 Å². The van der Waals surface area contributed by atoms with Crippen molar-refractivity contribution in [1.29, 1.82) is 0 Å². The van der Waals surface area contributed by atoms with Gasteiger partial charge in [-0.1, -0.05) is 6.92 Å². The molecule has 0 fully saturated rings. The number of ether oxygens (including phenoxy) is 1. The molecular weight excluding hydrogens is 208 g/mol. The van der Waals surface area contributed by atoms with Crippen LogP contribution in [0.2, 0.25) is 0 Å². The van der Waals surface area contributed by atoms with Crippen molar-refractivity contribution in [1.82, 2.24) is 10.3 Å². The highest BCUT2D eigenvalue weighted by Gasteiger charge is 2.20. The monoisotopic (exact) mass is 224 g/mol. The Labute approximate surface area is 94.2 Å². The molecule has 0 amide bonds. The van der Waals surface area contributed by atoms with Crippen LogP contribution in [0.25, 0.3) is 0 Å². The molecule has 1 aromatic heterocycles. The SMILES string of the molecule is CCNC(C1=CCCCO1)c1cscn1. The first-order valence-corrected chi connectivity index (χ1v) is 6.30. The van der Waals surface area contributed by atoms with Crippen LogP contribution in [-0.2, 0) is 4.74 Å². The minimum absolute atomic E-state index is 0.140. The lowest BCUT2D eigenvalue weighted by Gasteiger charge is -2.23. The first-order chi connectivity index (χ1) is 7.42. The molecular formula is C11H16N2OS. The Morgan fingerprint density at radius 3 is 3.20 bits per heavy atom. The second kappa shape index (κ2) is 5.28. The number of hydrogen-bond donors (Lipinski definition) is 1. The van der Waals surface area contributed by atoms with E-state index < -0.39 is 0 Å². The minimum Gasteiger partial charge on any atom is -0.496 e. The Balaban J connectivity index is 2.15. The van der Waals surface area contributed by atoms with Crippen LogP contribution in [0.5, 0.6) is 0 Å². The molecule has 0 aromatic carbocycles. The molecule has 0 radical (unpaired) electrons. The number of rotatable bonds is 4. The quantitative estimate of drug-likeness (QED) is 0.853. The molecule has 2 rings (SSSR count). The lowest BCUT2D eigenvalue weighted by atomic mass is 10.1. The van der Waals surface area contributed by atoms with Crippen LogP contribution in [0.1, 0.15) is 31.5 Å². The van der Waals surface area contributed by atoms with Crippen molar-refractivity contribution in [3.8, 4) is 0 Å². The largest absolute Gasteiger partial charge is 0.496 e. The molecule has 1 atom stereocenters. The summed E-state index contributed by atoms with van der Waals surface area (Å²) >= 11 is 1.62. The highest BCUT2D eigenvalue weighted by atomic mass is 32.1. The molecule has 0 bridgehead atoms. The van der Waals surface area contributed by atoms with Gasteiger partial charge < -0.3 is 10.1 Å². The van der Waals surface area contributed by atoms with Crippen molar-refractivity contribution < 1.29 is 4.74 Å². The predicted octanol–water partition coefficient (Wildman–Crippen LogP) is 2.49. The van der Waals surface area contributed by atoms with Crippen LogP contribution in [0.3, 0.4) is 0 Å². The first kappa shape index (κ1) is 10.6. The molecule has 1 aliphatic heterocycles. The summed E-state index contributed by atoms with van der Waals surface area (Å²) in [5, 5.41) is 5.48. The van der Waals surface area contributed by atoms with Gasteiger partial charge in [-0.15, -0.1) is 11.3 Å². The molecule has 1 unspecified atom stereocenters. The number of hydrogen-bond acceptors (Lipinski definition) is 4. The Morgan fingerprint density at radius 2 is 2.60 bits per heavy atom. The average Bonchev–Trinajstić information content (AvgIpc) is 2.80. The lowest BCUT2D eigenvalue weighted by molar-refractivity contribution is 0.167. The summed E-state index contributed by atoms with van der Waals surface area (Å²) in [5.41, 5.74) is 2.93. The molecule has 1 aromatic rings. The van der Waals surface area contributed by atoms with Gasteiger partial charge in [-0.05, 0) is 25.5 Å². The van der Waals surface area contributed by atoms with E-state index >= 15 is 0 Å². The van der Waals surface area contributed by atoms with E-state index in [2.05, 4.69) is 28.7 Å². The average molecular weight is 224 g/mol. The topological polar surface area (TPSA) is 34.1 Å². The van der Waals surface area contributed by atoms with E-state index in [4.69, 9.17) is 4.74 Å². The van der Waals surface area contributed by atoms with Gasteiger partial charge in [0.05, 0.1) is 17.8 Å². The van der Waals surface area contributed by atoms with Gasteiger partial charge in [0.1, 0.15) is 11.8 Å². The maximum absolute atomic E-state index is 5.68. The number of allylic oxidation sites excluding steroid dienone is 1. The Hall–Kier alpha value is -0.870. The fourth-order valence-corrected chi connectivity index (χ4v) is 2.28. The van der Waals surface area contributed by atoms with Gasteiger partial charge >= 0.3 is 0 Å². The summed E-state index contributed by atoms with van der Waals surface area (Å²) in [6.45, 7) is 3.85. The molecule has 0 saturated heterocycles. The van der Waals surface area contributed by atoms with Crippen molar-refractivity contribution in [2.75, 3.05) is 13.2 Å². The molecule has 0 spiro atoms. The summed E-state index contributed by atoms with van der Waals surface area (Å²) in [6, 6.07) is 0.140. The molecule has 1 N–H and O–H groups in total. The number of nitrogens with zero attached hydrogens (tertiary/aromatic N) is 1. The van der Waals surface area contributed by atoms with E-state index in [1.165, 1.54) is 0 Å². The van der Waals surface area contributed by atoms with Gasteiger partial charge in [0.25, 0.3) is 0 Å². The van der Waals surface area contributed by atoms with Crippen LogP contribution in [0.4, 0.5) is 0 Å². The van der Waals surface area contributed by atoms with Crippen LogP contribution < -0.4 is 5.32 Å². The maximum Gasteiger partial charge on any atom is 0.115 e. The summed E-state index contributed by atoms with van der Waals surface area (Å²) < 4.78 is 5.68. The van der Waals surface area contributed by atoms with E-state index in [0.717, 1.165) is 37.4 Å². The van der Waals surface area contributed by atoms with E-state index in [9.17, 15) is 0 Å². The lowest BCUT2D eigenvalue weighted by Crippen LogP contribution is -2.25. The van der Waals surface area contributed by atoms with Gasteiger partial charge in [-0.2, -0.15) is 0 Å². The molecule has 15 heavy (non-hydrogen) atoms. The van der Waals surface area contributed by atoms with Gasteiger partial charge in [-0.3, -0.25) is 0 Å². The number of thiazole rings is 1. The van der Waals surface area contributed by atoms with E-state index in [1.807, 2.05) is 5.51 Å². The third-order valence-electron chi connectivity index (χ3n) is 2.40. The predicted molar refractivity (Wildman–Crippen MR) is 61.8 cm³/mol. The number of likely N-dealkylation sites (N-methyl/N-ethyl adjacent to an activating group) is 1. The van der Waals surface area contributed by atoms with Crippen LogP contribution in [-0.4, -0.2) is 18.1 Å². The van der Waals surface area contributed by atoms with Gasteiger partial charge in [0, 0.05) is 5.38 Å². The number of aromatic nitrogens is 1.